The van der Waals surface area contributed by atoms with Crippen molar-refractivity contribution in [3.05, 3.63) is 18.0 Å². The number of carbonyl (C=O) groups is 2. The number of esters is 1. The van der Waals surface area contributed by atoms with Crippen molar-refractivity contribution in [3.63, 3.8) is 0 Å². The molecule has 1 amide bonds. The summed E-state index contributed by atoms with van der Waals surface area (Å²) in [6, 6.07) is -1.02. The van der Waals surface area contributed by atoms with E-state index in [9.17, 15) is 22.8 Å². The number of hydrogen-bond donors (Lipinski definition) is 1. The maximum atomic E-state index is 12.5. The summed E-state index contributed by atoms with van der Waals surface area (Å²) in [4.78, 5) is 34.0. The van der Waals surface area contributed by atoms with Gasteiger partial charge in [0.05, 0.1) is 19.1 Å². The fourth-order valence-electron chi connectivity index (χ4n) is 2.34. The molecule has 1 fully saturated rings. The molecule has 1 saturated heterocycles. The first-order valence-electron chi connectivity index (χ1n) is 7.47. The Kier molecular flexibility index (Phi) is 5.77. The molecule has 2 heterocycles. The molecule has 0 saturated carbocycles. The Balaban J connectivity index is 1.89. The van der Waals surface area contributed by atoms with Crippen LogP contribution in [0.5, 0.6) is 0 Å². The quantitative estimate of drug-likeness (QED) is 0.755. The third kappa shape index (κ3) is 4.78. The molecule has 0 spiro atoms. The molecule has 2 rings (SSSR count). The second kappa shape index (κ2) is 7.64. The Morgan fingerprint density at radius 3 is 2.28 bits per heavy atom. The summed E-state index contributed by atoms with van der Waals surface area (Å²) in [5.74, 6) is -0.776. The predicted molar refractivity (Wildman–Crippen MR) is 80.4 cm³/mol. The van der Waals surface area contributed by atoms with E-state index in [2.05, 4.69) is 14.7 Å². The second-order valence-corrected chi connectivity index (χ2v) is 5.47. The van der Waals surface area contributed by atoms with E-state index in [0.717, 1.165) is 12.4 Å². The van der Waals surface area contributed by atoms with E-state index in [1.54, 1.807) is 4.90 Å². The number of nitrogens with zero attached hydrogens (tertiary/aromatic N) is 4. The van der Waals surface area contributed by atoms with Crippen molar-refractivity contribution in [3.8, 4) is 0 Å². The molecule has 1 aliphatic heterocycles. The molecular weight excluding hydrogens is 343 g/mol. The lowest BCUT2D eigenvalue weighted by atomic mass is 10.2. The normalized spacial score (nSPS) is 16.5. The number of methoxy groups -OCH3 is 1. The van der Waals surface area contributed by atoms with Crippen LogP contribution >= 0.6 is 0 Å². The van der Waals surface area contributed by atoms with Crippen LogP contribution in [-0.4, -0.2) is 66.1 Å². The molecule has 138 valence electrons. The smallest absolute Gasteiger partial charge is 0.419 e. The highest BCUT2D eigenvalue weighted by atomic mass is 19.4. The van der Waals surface area contributed by atoms with E-state index in [0.29, 0.717) is 26.2 Å². The molecule has 1 aromatic rings. The summed E-state index contributed by atoms with van der Waals surface area (Å²) in [5, 5.41) is 0. The summed E-state index contributed by atoms with van der Waals surface area (Å²) in [6.45, 7) is 1.39. The lowest BCUT2D eigenvalue weighted by Gasteiger charge is -2.35. The van der Waals surface area contributed by atoms with Crippen molar-refractivity contribution in [1.29, 1.82) is 0 Å². The number of alkyl halides is 3. The number of nitrogens with two attached hydrogens (primary N) is 1. The van der Waals surface area contributed by atoms with E-state index in [4.69, 9.17) is 5.73 Å². The Bertz CT molecular complexity index is 615. The highest BCUT2D eigenvalue weighted by molar-refractivity contribution is 5.85. The minimum atomic E-state index is -4.48. The van der Waals surface area contributed by atoms with Crippen LogP contribution in [0.25, 0.3) is 0 Å². The number of anilines is 1. The molecule has 8 nitrogen and oxygen atoms in total. The maximum Gasteiger partial charge on any atom is 0.419 e. The van der Waals surface area contributed by atoms with Gasteiger partial charge in [-0.15, -0.1) is 0 Å². The van der Waals surface area contributed by atoms with Crippen LogP contribution in [-0.2, 0) is 20.5 Å². The fourth-order valence-corrected chi connectivity index (χ4v) is 2.34. The largest absolute Gasteiger partial charge is 0.468 e. The molecule has 2 N–H and O–H groups in total. The number of halogens is 3. The molecule has 1 atom stereocenters. The molecule has 25 heavy (non-hydrogen) atoms. The minimum absolute atomic E-state index is 0.163. The third-order valence-corrected chi connectivity index (χ3v) is 3.78. The zero-order valence-electron chi connectivity index (χ0n) is 13.5. The SMILES string of the molecule is COC(=O)[C@@H](N)CC(=O)N1CCN(c2ncc(C(F)(F)F)cn2)CC1. The third-order valence-electron chi connectivity index (χ3n) is 3.78. The molecule has 0 radical (unpaired) electrons. The molecule has 0 unspecified atom stereocenters. The van der Waals surface area contributed by atoms with Crippen LogP contribution in [0.15, 0.2) is 12.4 Å². The van der Waals surface area contributed by atoms with Gasteiger partial charge in [0.2, 0.25) is 11.9 Å². The zero-order chi connectivity index (χ0) is 18.6. The highest BCUT2D eigenvalue weighted by Gasteiger charge is 2.32. The molecule has 11 heteroatoms. The van der Waals surface area contributed by atoms with E-state index >= 15 is 0 Å². The summed E-state index contributed by atoms with van der Waals surface area (Å²) in [6.07, 6.45) is -3.18. The van der Waals surface area contributed by atoms with Gasteiger partial charge in [0, 0.05) is 38.6 Å². The fraction of sp³-hybridized carbons (Fsp3) is 0.571. The highest BCUT2D eigenvalue weighted by Crippen LogP contribution is 2.28. The lowest BCUT2D eigenvalue weighted by Crippen LogP contribution is -2.50. The summed E-state index contributed by atoms with van der Waals surface area (Å²) < 4.78 is 42.0. The number of carbonyl (C=O) groups excluding carboxylic acids is 2. The minimum Gasteiger partial charge on any atom is -0.468 e. The van der Waals surface area contributed by atoms with Gasteiger partial charge in [-0.3, -0.25) is 9.59 Å². The van der Waals surface area contributed by atoms with Crippen molar-refractivity contribution in [1.82, 2.24) is 14.9 Å². The van der Waals surface area contributed by atoms with Gasteiger partial charge in [-0.2, -0.15) is 13.2 Å². The van der Waals surface area contributed by atoms with Gasteiger partial charge >= 0.3 is 12.1 Å². The molecule has 0 aliphatic carbocycles. The molecular formula is C14H18F3N5O3. The summed E-state index contributed by atoms with van der Waals surface area (Å²) in [5.41, 5.74) is 4.64. The topological polar surface area (TPSA) is 102 Å². The monoisotopic (exact) mass is 361 g/mol. The van der Waals surface area contributed by atoms with E-state index < -0.39 is 23.8 Å². The Morgan fingerprint density at radius 1 is 1.24 bits per heavy atom. The van der Waals surface area contributed by atoms with Crippen LogP contribution in [0.3, 0.4) is 0 Å². The average molecular weight is 361 g/mol. The molecule has 1 aromatic heterocycles. The van der Waals surface area contributed by atoms with Crippen molar-refractivity contribution < 1.29 is 27.5 Å². The van der Waals surface area contributed by atoms with Crippen LogP contribution in [0.2, 0.25) is 0 Å². The first-order valence-corrected chi connectivity index (χ1v) is 7.47. The maximum absolute atomic E-state index is 12.5. The van der Waals surface area contributed by atoms with E-state index in [1.165, 1.54) is 12.0 Å². The number of piperazine rings is 1. The van der Waals surface area contributed by atoms with Gasteiger partial charge in [0.15, 0.2) is 0 Å². The van der Waals surface area contributed by atoms with Gasteiger partial charge in [-0.05, 0) is 0 Å². The molecule has 1 aliphatic rings. The van der Waals surface area contributed by atoms with Gasteiger partial charge in [-0.25, -0.2) is 9.97 Å². The lowest BCUT2D eigenvalue weighted by molar-refractivity contribution is -0.145. The summed E-state index contributed by atoms with van der Waals surface area (Å²) >= 11 is 0. The number of hydrogen-bond acceptors (Lipinski definition) is 7. The van der Waals surface area contributed by atoms with E-state index in [-0.39, 0.29) is 18.3 Å². The molecule has 0 bridgehead atoms. The van der Waals surface area contributed by atoms with Gasteiger partial charge < -0.3 is 20.3 Å². The van der Waals surface area contributed by atoms with Gasteiger partial charge in [0.1, 0.15) is 6.04 Å². The Morgan fingerprint density at radius 2 is 1.80 bits per heavy atom. The van der Waals surface area contributed by atoms with E-state index in [1.807, 2.05) is 0 Å². The first kappa shape index (κ1) is 18.9. The second-order valence-electron chi connectivity index (χ2n) is 5.47. The number of aromatic nitrogens is 2. The number of amides is 1. The van der Waals surface area contributed by atoms with Crippen molar-refractivity contribution in [2.75, 3.05) is 38.2 Å². The number of rotatable bonds is 4. The zero-order valence-corrected chi connectivity index (χ0v) is 13.5. The van der Waals surface area contributed by atoms with Crippen LogP contribution in [0, 0.1) is 0 Å². The number of ether oxygens (including phenoxy) is 1. The first-order chi connectivity index (χ1) is 11.7. The van der Waals surface area contributed by atoms with Crippen LogP contribution in [0.1, 0.15) is 12.0 Å². The van der Waals surface area contributed by atoms with Crippen molar-refractivity contribution in [2.24, 2.45) is 5.73 Å². The van der Waals surface area contributed by atoms with Gasteiger partial charge in [-0.1, -0.05) is 0 Å². The average Bonchev–Trinajstić information content (AvgIpc) is 2.60. The van der Waals surface area contributed by atoms with Crippen molar-refractivity contribution in [2.45, 2.75) is 18.6 Å². The summed E-state index contributed by atoms with van der Waals surface area (Å²) in [7, 11) is 1.19. The van der Waals surface area contributed by atoms with Crippen LogP contribution < -0.4 is 10.6 Å². The molecule has 0 aromatic carbocycles. The van der Waals surface area contributed by atoms with Crippen LogP contribution in [0.4, 0.5) is 19.1 Å². The Hall–Kier alpha value is -2.43. The predicted octanol–water partition coefficient (Wildman–Crippen LogP) is 0.0344. The van der Waals surface area contributed by atoms with Gasteiger partial charge in [0.25, 0.3) is 0 Å². The Labute approximate surface area is 141 Å². The standard InChI is InChI=1S/C14H18F3N5O3/c1-25-12(24)10(18)6-11(23)21-2-4-22(5-3-21)13-19-7-9(8-20-13)14(15,16)17/h7-8,10H,2-6,18H2,1H3/t10-/m0/s1. The van der Waals surface area contributed by atoms with Crippen molar-refractivity contribution >= 4 is 17.8 Å².